The van der Waals surface area contributed by atoms with Gasteiger partial charge in [0, 0.05) is 64.9 Å². The molecule has 1 aromatic rings. The van der Waals surface area contributed by atoms with Crippen molar-refractivity contribution in [2.24, 2.45) is 17.3 Å². The van der Waals surface area contributed by atoms with Gasteiger partial charge in [0.1, 0.15) is 17.4 Å². The van der Waals surface area contributed by atoms with Crippen molar-refractivity contribution in [1.29, 1.82) is 5.26 Å². The second-order valence-electron chi connectivity index (χ2n) is 16.4. The van der Waals surface area contributed by atoms with Gasteiger partial charge in [0.2, 0.25) is 11.8 Å². The molecule has 0 saturated carbocycles. The van der Waals surface area contributed by atoms with E-state index in [1.54, 1.807) is 30.1 Å². The number of allylic oxidation sites excluding steroid dienone is 2. The molecule has 0 N–H and O–H groups in total. The molecule has 0 radical (unpaired) electrons. The number of likely N-dealkylation sites (N-methyl/N-ethyl adjacent to an activating group) is 1. The predicted octanol–water partition coefficient (Wildman–Crippen LogP) is 5.58. The summed E-state index contributed by atoms with van der Waals surface area (Å²) in [6.45, 7) is 19.4. The molecule has 0 aromatic heterocycles. The minimum absolute atomic E-state index is 0.0589. The highest BCUT2D eigenvalue weighted by atomic mass is 16.5. The average Bonchev–Trinajstić information content (AvgIpc) is 3.10. The van der Waals surface area contributed by atoms with Crippen LogP contribution in [0, 0.1) is 28.6 Å². The molecule has 3 amide bonds. The summed E-state index contributed by atoms with van der Waals surface area (Å²) >= 11 is 0. The Hall–Kier alpha value is -4.20. The van der Waals surface area contributed by atoms with Gasteiger partial charge < -0.3 is 24.2 Å². The van der Waals surface area contributed by atoms with Crippen molar-refractivity contribution in [3.05, 3.63) is 81.2 Å². The summed E-state index contributed by atoms with van der Waals surface area (Å²) in [4.78, 5) is 48.1. The summed E-state index contributed by atoms with van der Waals surface area (Å²) < 4.78 is 12.1. The third-order valence-corrected chi connectivity index (χ3v) is 11.6. The van der Waals surface area contributed by atoms with Gasteiger partial charge in [-0.05, 0) is 74.8 Å². The van der Waals surface area contributed by atoms with Gasteiger partial charge in [0.25, 0.3) is 5.91 Å². The lowest BCUT2D eigenvalue weighted by Gasteiger charge is -2.48. The number of carbonyl (C=O) groups excluding carboxylic acids is 3. The highest BCUT2D eigenvalue weighted by Crippen LogP contribution is 2.38. The number of carbonyl (C=O) groups is 3. The van der Waals surface area contributed by atoms with Gasteiger partial charge in [0.15, 0.2) is 0 Å². The van der Waals surface area contributed by atoms with Gasteiger partial charge >= 0.3 is 0 Å². The first-order valence-electron chi connectivity index (χ1n) is 18.4. The number of amides is 3. The SMILES string of the molecule is COC1=CC(C2CN(C)C(=O)C(C)=C2C)=CC(OC)C1CN1CCN(Cc2cccc3c2CCN(C(=O)/C(C#N)=C/C(C)(C)C)C3C)C(=O)C1(C)C. The smallest absolute Gasteiger partial charge is 0.264 e. The van der Waals surface area contributed by atoms with Crippen molar-refractivity contribution in [1.82, 2.24) is 19.6 Å². The molecule has 1 saturated heterocycles. The number of hydrogen-bond donors (Lipinski definition) is 0. The van der Waals surface area contributed by atoms with E-state index in [2.05, 4.69) is 35.3 Å². The Morgan fingerprint density at radius 3 is 2.46 bits per heavy atom. The number of rotatable bonds is 8. The number of methoxy groups -OCH3 is 2. The summed E-state index contributed by atoms with van der Waals surface area (Å²) in [5.41, 5.74) is 5.41. The summed E-state index contributed by atoms with van der Waals surface area (Å²) in [6.07, 6.45) is 6.43. The van der Waals surface area contributed by atoms with Crippen LogP contribution in [-0.2, 0) is 36.8 Å². The molecule has 5 rings (SSSR count). The molecule has 10 heteroatoms. The average molecular weight is 712 g/mol. The van der Waals surface area contributed by atoms with Crippen LogP contribution in [0.2, 0.25) is 0 Å². The van der Waals surface area contributed by atoms with Crippen LogP contribution in [0.4, 0.5) is 0 Å². The van der Waals surface area contributed by atoms with Crippen LogP contribution < -0.4 is 0 Å². The predicted molar refractivity (Wildman–Crippen MR) is 201 cm³/mol. The molecule has 4 atom stereocenters. The van der Waals surface area contributed by atoms with Crippen LogP contribution in [0.5, 0.6) is 0 Å². The fourth-order valence-corrected chi connectivity index (χ4v) is 8.36. The Bertz CT molecular complexity index is 1770. The zero-order chi connectivity index (χ0) is 38.3. The number of ether oxygens (including phenoxy) is 2. The largest absolute Gasteiger partial charge is 0.501 e. The van der Waals surface area contributed by atoms with Crippen molar-refractivity contribution in [2.75, 3.05) is 54.0 Å². The maximum absolute atomic E-state index is 14.3. The highest BCUT2D eigenvalue weighted by Gasteiger charge is 2.45. The molecule has 10 nitrogen and oxygen atoms in total. The molecule has 1 fully saturated rings. The first-order valence-corrected chi connectivity index (χ1v) is 18.4. The zero-order valence-corrected chi connectivity index (χ0v) is 33.0. The maximum atomic E-state index is 14.3. The number of piperazine rings is 1. The Kier molecular flexibility index (Phi) is 11.3. The Labute approximate surface area is 310 Å². The lowest BCUT2D eigenvalue weighted by atomic mass is 9.79. The molecule has 52 heavy (non-hydrogen) atoms. The van der Waals surface area contributed by atoms with E-state index in [1.807, 2.05) is 73.4 Å². The molecular weight excluding hydrogens is 654 g/mol. The molecule has 0 spiro atoms. The van der Waals surface area contributed by atoms with Gasteiger partial charge in [-0.1, -0.05) is 56.7 Å². The fourth-order valence-electron chi connectivity index (χ4n) is 8.36. The number of nitrogens with zero attached hydrogens (tertiary/aromatic N) is 5. The molecular formula is C42H57N5O5. The van der Waals surface area contributed by atoms with E-state index in [-0.39, 0.29) is 52.7 Å². The molecule has 1 aliphatic carbocycles. The van der Waals surface area contributed by atoms with E-state index in [0.717, 1.165) is 33.6 Å². The summed E-state index contributed by atoms with van der Waals surface area (Å²) in [5.74, 6) is 0.655. The van der Waals surface area contributed by atoms with E-state index in [9.17, 15) is 19.6 Å². The van der Waals surface area contributed by atoms with Crippen LogP contribution in [0.25, 0.3) is 0 Å². The molecule has 4 aliphatic rings. The maximum Gasteiger partial charge on any atom is 0.264 e. The zero-order valence-electron chi connectivity index (χ0n) is 33.0. The van der Waals surface area contributed by atoms with Crippen molar-refractivity contribution in [3.8, 4) is 6.07 Å². The van der Waals surface area contributed by atoms with Crippen molar-refractivity contribution >= 4 is 17.7 Å². The lowest BCUT2D eigenvalue weighted by Crippen LogP contribution is -2.64. The monoisotopic (exact) mass is 711 g/mol. The minimum atomic E-state index is -0.763. The Morgan fingerprint density at radius 1 is 1.12 bits per heavy atom. The van der Waals surface area contributed by atoms with Crippen LogP contribution >= 0.6 is 0 Å². The van der Waals surface area contributed by atoms with Gasteiger partial charge in [-0.2, -0.15) is 5.26 Å². The standard InChI is InChI=1S/C42H57N5O5/c1-26-27(2)38(48)44(9)24-34(26)30-19-36(51-10)35(37(20-30)52-11)25-46-18-17-45(40(50)42(46,7)8)23-29-13-12-14-32-28(3)47(16-15-33(29)32)39(49)31(22-43)21-41(4,5)6/h12-14,19-21,28,34-36H,15-18,23-25H2,1-11H3/b31-21+. The molecule has 280 valence electrons. The van der Waals surface area contributed by atoms with Crippen LogP contribution in [-0.4, -0.2) is 103 Å². The van der Waals surface area contributed by atoms with Crippen LogP contribution in [0.1, 0.15) is 78.1 Å². The lowest BCUT2D eigenvalue weighted by molar-refractivity contribution is -0.150. The van der Waals surface area contributed by atoms with E-state index in [4.69, 9.17) is 9.47 Å². The highest BCUT2D eigenvalue weighted by molar-refractivity contribution is 5.98. The number of nitriles is 1. The second kappa shape index (κ2) is 15.0. The molecule has 3 heterocycles. The number of fused-ring (bicyclic) bond motifs is 1. The summed E-state index contributed by atoms with van der Waals surface area (Å²) in [7, 11) is 5.24. The first kappa shape index (κ1) is 39.0. The number of benzene rings is 1. The van der Waals surface area contributed by atoms with E-state index in [1.165, 1.54) is 5.56 Å². The van der Waals surface area contributed by atoms with E-state index < -0.39 is 5.54 Å². The van der Waals surface area contributed by atoms with Crippen LogP contribution in [0.15, 0.2) is 64.5 Å². The fraction of sp³-hybridized carbons (Fsp3) is 0.571. The van der Waals surface area contributed by atoms with Crippen molar-refractivity contribution in [2.45, 2.75) is 86.0 Å². The quantitative estimate of drug-likeness (QED) is 0.256. The molecule has 0 bridgehead atoms. The number of hydrogen-bond acceptors (Lipinski definition) is 7. The molecule has 4 unspecified atom stereocenters. The van der Waals surface area contributed by atoms with E-state index in [0.29, 0.717) is 45.7 Å². The molecule has 1 aromatic carbocycles. The normalized spacial score (nSPS) is 25.8. The van der Waals surface area contributed by atoms with Crippen LogP contribution in [0.3, 0.4) is 0 Å². The third kappa shape index (κ3) is 7.49. The Morgan fingerprint density at radius 2 is 1.83 bits per heavy atom. The van der Waals surface area contributed by atoms with Gasteiger partial charge in [-0.15, -0.1) is 0 Å². The van der Waals surface area contributed by atoms with Gasteiger partial charge in [-0.3, -0.25) is 19.3 Å². The summed E-state index contributed by atoms with van der Waals surface area (Å²) in [6, 6.07) is 8.11. The topological polar surface area (TPSA) is 106 Å². The minimum Gasteiger partial charge on any atom is -0.501 e. The summed E-state index contributed by atoms with van der Waals surface area (Å²) in [5, 5.41) is 9.78. The van der Waals surface area contributed by atoms with Gasteiger partial charge in [0.05, 0.1) is 30.7 Å². The molecule has 3 aliphatic heterocycles. The third-order valence-electron chi connectivity index (χ3n) is 11.6. The second-order valence-corrected chi connectivity index (χ2v) is 16.4. The van der Waals surface area contributed by atoms with Crippen molar-refractivity contribution in [3.63, 3.8) is 0 Å². The first-order chi connectivity index (χ1) is 24.4. The van der Waals surface area contributed by atoms with E-state index >= 15 is 0 Å². The Balaban J connectivity index is 1.31. The van der Waals surface area contributed by atoms with Crippen molar-refractivity contribution < 1.29 is 23.9 Å². The van der Waals surface area contributed by atoms with Gasteiger partial charge in [-0.25, -0.2) is 0 Å².